The van der Waals surface area contributed by atoms with E-state index >= 15 is 0 Å². The number of hydrogen-bond donors (Lipinski definition) is 1. The van der Waals surface area contributed by atoms with Gasteiger partial charge in [-0.05, 0) is 30.5 Å². The normalized spacial score (nSPS) is 17.2. The van der Waals surface area contributed by atoms with Crippen LogP contribution in [0.1, 0.15) is 29.2 Å². The number of rotatable bonds is 6. The number of methoxy groups -OCH3 is 1. The molecule has 9 heteroatoms. The third-order valence-corrected chi connectivity index (χ3v) is 6.83. The number of alkyl halides is 1. The number of anilines is 3. The summed E-state index contributed by atoms with van der Waals surface area (Å²) in [5.41, 5.74) is 4.97. The monoisotopic (exact) mass is 490 g/mol. The predicted octanol–water partition coefficient (Wildman–Crippen LogP) is 5.30. The second kappa shape index (κ2) is 8.85. The first-order valence-electron chi connectivity index (χ1n) is 11.6. The molecule has 1 atom stereocenters. The zero-order chi connectivity index (χ0) is 23.9. The molecule has 2 aromatic carbocycles. The van der Waals surface area contributed by atoms with Gasteiger partial charge in [-0.25, -0.2) is 14.4 Å². The fraction of sp³-hybridized carbons (Fsp3) is 0.269. The lowest BCUT2D eigenvalue weighted by atomic mass is 9.97. The number of fused-ring (bicyclic) bond motifs is 1. The average Bonchev–Trinajstić information content (AvgIpc) is 3.48. The zero-order valence-corrected chi connectivity index (χ0v) is 19.9. The highest BCUT2D eigenvalue weighted by Crippen LogP contribution is 2.42. The maximum atomic E-state index is 13.7. The lowest BCUT2D eigenvalue weighted by Crippen LogP contribution is -2.49. The molecule has 7 nitrogen and oxygen atoms in total. The molecule has 4 aromatic rings. The van der Waals surface area contributed by atoms with E-state index < -0.39 is 6.17 Å². The SMILES string of the molecule is COc1cc(Nc2nc3c(c(N4CC(F)C4)n2)CCC3c2ccccc2)ccc1-n1cnc(Cl)c1. The third-order valence-electron chi connectivity index (χ3n) is 6.63. The Hall–Kier alpha value is -3.65. The van der Waals surface area contributed by atoms with Gasteiger partial charge >= 0.3 is 0 Å². The minimum atomic E-state index is -0.808. The first-order valence-corrected chi connectivity index (χ1v) is 12.0. The van der Waals surface area contributed by atoms with Gasteiger partial charge in [0, 0.05) is 29.4 Å². The molecule has 1 unspecified atom stereocenters. The number of nitrogens with zero attached hydrogens (tertiary/aromatic N) is 5. The van der Waals surface area contributed by atoms with Crippen LogP contribution in [0.5, 0.6) is 5.75 Å². The van der Waals surface area contributed by atoms with Crippen molar-refractivity contribution in [1.82, 2.24) is 19.5 Å². The average molecular weight is 491 g/mol. The van der Waals surface area contributed by atoms with E-state index in [-0.39, 0.29) is 5.92 Å². The maximum absolute atomic E-state index is 13.7. The summed E-state index contributed by atoms with van der Waals surface area (Å²) in [6.07, 6.45) is 4.40. The molecular weight excluding hydrogens is 467 g/mol. The first kappa shape index (κ1) is 21.9. The van der Waals surface area contributed by atoms with Crippen LogP contribution in [-0.2, 0) is 6.42 Å². The molecule has 1 aliphatic carbocycles. The second-order valence-electron chi connectivity index (χ2n) is 8.85. The highest BCUT2D eigenvalue weighted by molar-refractivity contribution is 6.29. The largest absolute Gasteiger partial charge is 0.494 e. The zero-order valence-electron chi connectivity index (χ0n) is 19.2. The van der Waals surface area contributed by atoms with E-state index in [1.807, 2.05) is 29.2 Å². The van der Waals surface area contributed by atoms with Crippen molar-refractivity contribution in [2.45, 2.75) is 24.9 Å². The summed E-state index contributed by atoms with van der Waals surface area (Å²) in [4.78, 5) is 15.9. The van der Waals surface area contributed by atoms with E-state index in [1.54, 1.807) is 24.2 Å². The summed E-state index contributed by atoms with van der Waals surface area (Å²) in [6, 6.07) is 16.1. The molecule has 3 heterocycles. The number of halogens is 2. The molecule has 0 saturated carbocycles. The number of aromatic nitrogens is 4. The Morgan fingerprint density at radius 3 is 2.66 bits per heavy atom. The molecule has 178 valence electrons. The summed E-state index contributed by atoms with van der Waals surface area (Å²) in [5, 5.41) is 3.75. The Balaban J connectivity index is 1.36. The van der Waals surface area contributed by atoms with Crippen molar-refractivity contribution in [3.05, 3.63) is 83.0 Å². The highest BCUT2D eigenvalue weighted by Gasteiger charge is 2.35. The lowest BCUT2D eigenvalue weighted by molar-refractivity contribution is 0.273. The molecule has 1 N–H and O–H groups in total. The van der Waals surface area contributed by atoms with Crippen molar-refractivity contribution in [3.63, 3.8) is 0 Å². The van der Waals surface area contributed by atoms with Crippen molar-refractivity contribution < 1.29 is 9.13 Å². The first-order chi connectivity index (χ1) is 17.1. The molecule has 2 aromatic heterocycles. The van der Waals surface area contributed by atoms with Gasteiger partial charge < -0.3 is 19.5 Å². The highest BCUT2D eigenvalue weighted by atomic mass is 35.5. The molecule has 35 heavy (non-hydrogen) atoms. The van der Waals surface area contributed by atoms with Crippen molar-refractivity contribution in [3.8, 4) is 11.4 Å². The second-order valence-corrected chi connectivity index (χ2v) is 9.24. The Morgan fingerprint density at radius 2 is 1.94 bits per heavy atom. The van der Waals surface area contributed by atoms with E-state index in [1.165, 1.54) is 5.56 Å². The van der Waals surface area contributed by atoms with Gasteiger partial charge in [0.25, 0.3) is 0 Å². The molecule has 1 saturated heterocycles. The van der Waals surface area contributed by atoms with Gasteiger partial charge in [-0.3, -0.25) is 0 Å². The Labute approximate surface area is 207 Å². The lowest BCUT2D eigenvalue weighted by Gasteiger charge is -2.36. The van der Waals surface area contributed by atoms with Crippen molar-refractivity contribution in [1.29, 1.82) is 0 Å². The molecule has 2 aliphatic rings. The molecule has 6 rings (SSSR count). The maximum Gasteiger partial charge on any atom is 0.229 e. The molecular formula is C26H24ClFN6O. The Morgan fingerprint density at radius 1 is 1.11 bits per heavy atom. The van der Waals surface area contributed by atoms with Gasteiger partial charge in [0.05, 0.1) is 31.6 Å². The van der Waals surface area contributed by atoms with Gasteiger partial charge in [-0.1, -0.05) is 41.9 Å². The Bertz CT molecular complexity index is 1370. The summed E-state index contributed by atoms with van der Waals surface area (Å²) in [6.45, 7) is 0.740. The van der Waals surface area contributed by atoms with Crippen LogP contribution < -0.4 is 15.0 Å². The van der Waals surface area contributed by atoms with E-state index in [2.05, 4.69) is 34.6 Å². The number of hydrogen-bond acceptors (Lipinski definition) is 6. The van der Waals surface area contributed by atoms with Crippen LogP contribution in [0.15, 0.2) is 61.1 Å². The van der Waals surface area contributed by atoms with Crippen LogP contribution in [0.25, 0.3) is 5.69 Å². The van der Waals surface area contributed by atoms with E-state index in [9.17, 15) is 4.39 Å². The Kier molecular flexibility index (Phi) is 5.53. The van der Waals surface area contributed by atoms with Gasteiger partial charge in [0.1, 0.15) is 29.2 Å². The molecule has 0 amide bonds. The molecule has 1 fully saturated rings. The van der Waals surface area contributed by atoms with E-state index in [4.69, 9.17) is 26.3 Å². The molecule has 0 radical (unpaired) electrons. The van der Waals surface area contributed by atoms with Crippen molar-refractivity contribution in [2.75, 3.05) is 30.4 Å². The fourth-order valence-corrected chi connectivity index (χ4v) is 5.04. The summed E-state index contributed by atoms with van der Waals surface area (Å²) in [5.74, 6) is 2.17. The fourth-order valence-electron chi connectivity index (χ4n) is 4.90. The molecule has 1 aliphatic heterocycles. The van der Waals surface area contributed by atoms with Crippen LogP contribution in [0, 0.1) is 0 Å². The third kappa shape index (κ3) is 4.08. The number of nitrogens with one attached hydrogen (secondary N) is 1. The topological polar surface area (TPSA) is 68.1 Å². The summed E-state index contributed by atoms with van der Waals surface area (Å²) >= 11 is 5.98. The number of ether oxygens (including phenoxy) is 1. The number of benzene rings is 2. The van der Waals surface area contributed by atoms with Gasteiger partial charge in [0.2, 0.25) is 5.95 Å². The minimum absolute atomic E-state index is 0.193. The van der Waals surface area contributed by atoms with Crippen LogP contribution in [0.3, 0.4) is 0 Å². The van der Waals surface area contributed by atoms with Gasteiger partial charge in [-0.2, -0.15) is 4.98 Å². The standard InChI is InChI=1S/C26H24ClFN6O/c1-35-22-11-18(7-10-21(22)34-14-23(27)29-15-34)30-26-31-24-19(16-5-3-2-4-6-16)8-9-20(24)25(32-26)33-12-17(28)13-33/h2-7,10-11,14-15,17,19H,8-9,12-13H2,1H3,(H,30,31,32). The van der Waals surface area contributed by atoms with Crippen LogP contribution in [0.2, 0.25) is 5.15 Å². The predicted molar refractivity (Wildman–Crippen MR) is 134 cm³/mol. The number of imidazole rings is 1. The summed E-state index contributed by atoms with van der Waals surface area (Å²) < 4.78 is 21.1. The minimum Gasteiger partial charge on any atom is -0.494 e. The molecule has 0 spiro atoms. The van der Waals surface area contributed by atoms with E-state index in [0.717, 1.165) is 41.3 Å². The smallest absolute Gasteiger partial charge is 0.229 e. The van der Waals surface area contributed by atoms with Crippen LogP contribution >= 0.6 is 11.6 Å². The summed E-state index contributed by atoms with van der Waals surface area (Å²) in [7, 11) is 1.62. The van der Waals surface area contributed by atoms with Crippen molar-refractivity contribution >= 4 is 29.1 Å². The van der Waals surface area contributed by atoms with Crippen LogP contribution in [0.4, 0.5) is 21.8 Å². The van der Waals surface area contributed by atoms with Gasteiger partial charge in [0.15, 0.2) is 0 Å². The molecule has 0 bridgehead atoms. The quantitative estimate of drug-likeness (QED) is 0.395. The van der Waals surface area contributed by atoms with E-state index in [0.29, 0.717) is 29.9 Å². The van der Waals surface area contributed by atoms with Crippen molar-refractivity contribution in [2.24, 2.45) is 0 Å². The van der Waals surface area contributed by atoms with Gasteiger partial charge in [-0.15, -0.1) is 0 Å². The van der Waals surface area contributed by atoms with Crippen LogP contribution in [-0.4, -0.2) is 45.9 Å².